The molecule has 3 rings (SSSR count). The van der Waals surface area contributed by atoms with Crippen LogP contribution in [0.15, 0.2) is 51.5 Å². The van der Waals surface area contributed by atoms with Crippen LogP contribution < -0.4 is 15.4 Å². The fourth-order valence-electron chi connectivity index (χ4n) is 2.22. The molecule has 0 aliphatic heterocycles. The summed E-state index contributed by atoms with van der Waals surface area (Å²) >= 11 is 14.7. The van der Waals surface area contributed by atoms with Crippen LogP contribution in [-0.2, 0) is 6.54 Å². The highest BCUT2D eigenvalue weighted by atomic mass is 79.9. The Morgan fingerprint density at radius 1 is 1.26 bits per heavy atom. The predicted octanol–water partition coefficient (Wildman–Crippen LogP) is 5.04. The molecule has 0 spiro atoms. The fourth-order valence-corrected chi connectivity index (χ4v) is 2.83. The summed E-state index contributed by atoms with van der Waals surface area (Å²) in [7, 11) is 0. The Labute approximate surface area is 175 Å². The summed E-state index contributed by atoms with van der Waals surface area (Å²) in [6.07, 6.45) is 0. The Balaban J connectivity index is 1.55. The smallest absolute Gasteiger partial charge is 0.246 e. The molecule has 0 aliphatic carbocycles. The SMILES string of the molecule is CCOc1ccc(-c2noc(CNC(=S)Nc3ccc(Br)c(Cl)c3)n2)cc1. The van der Waals surface area contributed by atoms with Crippen molar-refractivity contribution in [2.75, 3.05) is 11.9 Å². The molecule has 0 atom stereocenters. The molecule has 1 aromatic heterocycles. The van der Waals surface area contributed by atoms with Gasteiger partial charge >= 0.3 is 0 Å². The van der Waals surface area contributed by atoms with Crippen LogP contribution in [0.1, 0.15) is 12.8 Å². The van der Waals surface area contributed by atoms with Gasteiger partial charge in [-0.1, -0.05) is 16.8 Å². The van der Waals surface area contributed by atoms with E-state index in [1.165, 1.54) is 0 Å². The Hall–Kier alpha value is -2.16. The molecule has 0 bridgehead atoms. The van der Waals surface area contributed by atoms with Gasteiger partial charge in [-0.3, -0.25) is 0 Å². The van der Waals surface area contributed by atoms with E-state index in [4.69, 9.17) is 33.1 Å². The predicted molar refractivity (Wildman–Crippen MR) is 113 cm³/mol. The molecule has 0 amide bonds. The first-order valence-corrected chi connectivity index (χ1v) is 9.69. The quantitative estimate of drug-likeness (QED) is 0.492. The van der Waals surface area contributed by atoms with Gasteiger partial charge < -0.3 is 19.9 Å². The average Bonchev–Trinajstić information content (AvgIpc) is 3.13. The first kappa shape index (κ1) is 19.6. The van der Waals surface area contributed by atoms with Crippen molar-refractivity contribution in [3.05, 3.63) is 57.9 Å². The lowest BCUT2D eigenvalue weighted by Gasteiger charge is -2.09. The highest BCUT2D eigenvalue weighted by Crippen LogP contribution is 2.25. The summed E-state index contributed by atoms with van der Waals surface area (Å²) in [5, 5.41) is 11.1. The minimum Gasteiger partial charge on any atom is -0.494 e. The number of thiocarbonyl (C=S) groups is 1. The van der Waals surface area contributed by atoms with Crippen LogP contribution in [-0.4, -0.2) is 21.9 Å². The first-order chi connectivity index (χ1) is 13.0. The van der Waals surface area contributed by atoms with E-state index in [2.05, 4.69) is 36.7 Å². The van der Waals surface area contributed by atoms with Gasteiger partial charge in [0, 0.05) is 15.7 Å². The zero-order valence-corrected chi connectivity index (χ0v) is 17.5. The standard InChI is InChI=1S/C18H16BrClN4O2S/c1-2-25-13-6-3-11(4-7-13)17-23-16(26-24-17)10-21-18(27)22-12-5-8-14(19)15(20)9-12/h3-9H,2,10H2,1H3,(H2,21,22,27). The summed E-state index contributed by atoms with van der Waals surface area (Å²) in [5.74, 6) is 1.74. The Bertz CT molecular complexity index is 933. The second kappa shape index (κ2) is 9.16. The van der Waals surface area contributed by atoms with Gasteiger partial charge in [0.2, 0.25) is 11.7 Å². The van der Waals surface area contributed by atoms with Crippen molar-refractivity contribution < 1.29 is 9.26 Å². The highest BCUT2D eigenvalue weighted by molar-refractivity contribution is 9.10. The summed E-state index contributed by atoms with van der Waals surface area (Å²) in [4.78, 5) is 4.37. The molecule has 27 heavy (non-hydrogen) atoms. The number of nitrogens with one attached hydrogen (secondary N) is 2. The number of benzene rings is 2. The number of halogens is 2. The molecule has 140 valence electrons. The van der Waals surface area contributed by atoms with Crippen molar-refractivity contribution in [1.82, 2.24) is 15.5 Å². The largest absolute Gasteiger partial charge is 0.494 e. The third-order valence-electron chi connectivity index (χ3n) is 3.47. The van der Waals surface area contributed by atoms with Crippen molar-refractivity contribution in [3.8, 4) is 17.1 Å². The lowest BCUT2D eigenvalue weighted by atomic mass is 10.2. The molecule has 1 heterocycles. The molecule has 0 fully saturated rings. The number of rotatable bonds is 6. The molecule has 2 aromatic carbocycles. The molecule has 0 saturated heterocycles. The lowest BCUT2D eigenvalue weighted by molar-refractivity contribution is 0.340. The van der Waals surface area contributed by atoms with Crippen LogP contribution in [0, 0.1) is 0 Å². The van der Waals surface area contributed by atoms with Gasteiger partial charge in [0.15, 0.2) is 5.11 Å². The number of hydrogen-bond acceptors (Lipinski definition) is 5. The highest BCUT2D eigenvalue weighted by Gasteiger charge is 2.09. The molecule has 3 aromatic rings. The van der Waals surface area contributed by atoms with Gasteiger partial charge in [0.05, 0.1) is 18.2 Å². The van der Waals surface area contributed by atoms with Crippen LogP contribution in [0.2, 0.25) is 5.02 Å². The van der Waals surface area contributed by atoms with Gasteiger partial charge in [-0.2, -0.15) is 4.98 Å². The molecule has 0 saturated carbocycles. The van der Waals surface area contributed by atoms with Gasteiger partial charge in [0.25, 0.3) is 0 Å². The monoisotopic (exact) mass is 466 g/mol. The van der Waals surface area contributed by atoms with Gasteiger partial charge in [0.1, 0.15) is 5.75 Å². The third kappa shape index (κ3) is 5.41. The van der Waals surface area contributed by atoms with Gasteiger partial charge in [-0.05, 0) is 77.5 Å². The van der Waals surface area contributed by atoms with E-state index in [1.54, 1.807) is 6.07 Å². The summed E-state index contributed by atoms with van der Waals surface area (Å²) in [5.41, 5.74) is 1.62. The van der Waals surface area contributed by atoms with E-state index in [1.807, 2.05) is 43.3 Å². The fraction of sp³-hybridized carbons (Fsp3) is 0.167. The zero-order chi connectivity index (χ0) is 19.2. The number of anilines is 1. The molecular formula is C18H16BrClN4O2S. The van der Waals surface area contributed by atoms with E-state index in [-0.39, 0.29) is 0 Å². The van der Waals surface area contributed by atoms with Crippen LogP contribution in [0.25, 0.3) is 11.4 Å². The molecule has 2 N–H and O–H groups in total. The second-order valence-corrected chi connectivity index (χ2v) is 7.08. The van der Waals surface area contributed by atoms with E-state index in [9.17, 15) is 0 Å². The summed E-state index contributed by atoms with van der Waals surface area (Å²) < 4.78 is 11.5. The average molecular weight is 468 g/mol. The topological polar surface area (TPSA) is 72.2 Å². The molecule has 9 heteroatoms. The third-order valence-corrected chi connectivity index (χ3v) is 4.95. The molecule has 6 nitrogen and oxygen atoms in total. The molecular weight excluding hydrogens is 452 g/mol. The minimum atomic E-state index is 0.306. The van der Waals surface area contributed by atoms with Crippen LogP contribution >= 0.6 is 39.7 Å². The van der Waals surface area contributed by atoms with Gasteiger partial charge in [-0.25, -0.2) is 0 Å². The van der Waals surface area contributed by atoms with Crippen LogP contribution in [0.3, 0.4) is 0 Å². The number of nitrogens with zero attached hydrogens (tertiary/aromatic N) is 2. The van der Waals surface area contributed by atoms with Crippen molar-refractivity contribution in [2.45, 2.75) is 13.5 Å². The van der Waals surface area contributed by atoms with E-state index in [0.29, 0.717) is 35.0 Å². The van der Waals surface area contributed by atoms with Crippen molar-refractivity contribution in [2.24, 2.45) is 0 Å². The minimum absolute atomic E-state index is 0.306. The maximum Gasteiger partial charge on any atom is 0.246 e. The first-order valence-electron chi connectivity index (χ1n) is 8.11. The lowest BCUT2D eigenvalue weighted by Crippen LogP contribution is -2.28. The maximum absolute atomic E-state index is 6.07. The Morgan fingerprint density at radius 3 is 2.74 bits per heavy atom. The Morgan fingerprint density at radius 2 is 2.04 bits per heavy atom. The van der Waals surface area contributed by atoms with Gasteiger partial charge in [-0.15, -0.1) is 0 Å². The number of aromatic nitrogens is 2. The normalized spacial score (nSPS) is 10.5. The summed E-state index contributed by atoms with van der Waals surface area (Å²) in [6, 6.07) is 13.0. The van der Waals surface area contributed by atoms with E-state index in [0.717, 1.165) is 21.5 Å². The van der Waals surface area contributed by atoms with Crippen LogP contribution in [0.4, 0.5) is 5.69 Å². The Kier molecular flexibility index (Phi) is 6.65. The van der Waals surface area contributed by atoms with Crippen molar-refractivity contribution in [3.63, 3.8) is 0 Å². The zero-order valence-electron chi connectivity index (χ0n) is 14.3. The molecule has 0 aliphatic rings. The van der Waals surface area contributed by atoms with Crippen LogP contribution in [0.5, 0.6) is 5.75 Å². The number of hydrogen-bond donors (Lipinski definition) is 2. The molecule has 0 radical (unpaired) electrons. The van der Waals surface area contributed by atoms with Crippen molar-refractivity contribution in [1.29, 1.82) is 0 Å². The van der Waals surface area contributed by atoms with E-state index < -0.39 is 0 Å². The second-order valence-electron chi connectivity index (χ2n) is 5.41. The summed E-state index contributed by atoms with van der Waals surface area (Å²) in [6.45, 7) is 2.87. The maximum atomic E-state index is 6.07. The van der Waals surface area contributed by atoms with E-state index >= 15 is 0 Å². The van der Waals surface area contributed by atoms with Crippen molar-refractivity contribution >= 4 is 50.5 Å². The molecule has 0 unspecified atom stereocenters. The number of ether oxygens (including phenoxy) is 1.